The lowest BCUT2D eigenvalue weighted by Crippen LogP contribution is -2.44. The number of rotatable bonds is 7. The molecule has 0 radical (unpaired) electrons. The number of aliphatic hydroxyl groups is 1. The Labute approximate surface area is 109 Å². The average Bonchev–Trinajstić information content (AvgIpc) is 2.80. The van der Waals surface area contributed by atoms with Crippen LogP contribution in [-0.2, 0) is 6.54 Å². The van der Waals surface area contributed by atoms with E-state index in [2.05, 4.69) is 50.1 Å². The van der Waals surface area contributed by atoms with Crippen molar-refractivity contribution in [3.63, 3.8) is 0 Å². The van der Waals surface area contributed by atoms with Gasteiger partial charge in [-0.2, -0.15) is 0 Å². The maximum Gasteiger partial charge on any atom is 0.0769 e. The highest BCUT2D eigenvalue weighted by Crippen LogP contribution is 2.21. The smallest absolute Gasteiger partial charge is 0.0769 e. The van der Waals surface area contributed by atoms with Gasteiger partial charge in [0.25, 0.3) is 0 Å². The van der Waals surface area contributed by atoms with Gasteiger partial charge >= 0.3 is 0 Å². The van der Waals surface area contributed by atoms with E-state index in [0.717, 1.165) is 25.9 Å². The molecule has 2 nitrogen and oxygen atoms in total. The van der Waals surface area contributed by atoms with E-state index in [1.807, 2.05) is 0 Å². The van der Waals surface area contributed by atoms with Crippen LogP contribution in [0, 0.1) is 0 Å². The van der Waals surface area contributed by atoms with Gasteiger partial charge in [0.15, 0.2) is 0 Å². The first-order valence-electron chi connectivity index (χ1n) is 6.49. The third kappa shape index (κ3) is 4.41. The van der Waals surface area contributed by atoms with Gasteiger partial charge in [0.2, 0.25) is 0 Å². The van der Waals surface area contributed by atoms with Crippen LogP contribution in [0.15, 0.2) is 17.5 Å². The van der Waals surface area contributed by atoms with E-state index in [-0.39, 0.29) is 0 Å². The summed E-state index contributed by atoms with van der Waals surface area (Å²) < 4.78 is 0. The summed E-state index contributed by atoms with van der Waals surface area (Å²) in [6, 6.07) is 4.71. The highest BCUT2D eigenvalue weighted by molar-refractivity contribution is 7.09. The lowest BCUT2D eigenvalue weighted by atomic mass is 9.96. The van der Waals surface area contributed by atoms with E-state index >= 15 is 0 Å². The zero-order valence-electron chi connectivity index (χ0n) is 11.4. The Morgan fingerprint density at radius 2 is 2.00 bits per heavy atom. The molecule has 0 unspecified atom stereocenters. The molecular formula is C14H25NOS. The highest BCUT2D eigenvalue weighted by atomic mass is 32.1. The normalized spacial score (nSPS) is 12.6. The first-order chi connectivity index (χ1) is 8.00. The zero-order chi connectivity index (χ0) is 12.9. The molecule has 0 bridgehead atoms. The molecule has 0 saturated carbocycles. The molecule has 0 aliphatic heterocycles. The second kappa shape index (κ2) is 6.53. The van der Waals surface area contributed by atoms with E-state index in [4.69, 9.17) is 0 Å². The summed E-state index contributed by atoms with van der Waals surface area (Å²) in [6.07, 6.45) is 1.63. The summed E-state index contributed by atoms with van der Waals surface area (Å²) in [5.41, 5.74) is -0.540. The predicted octanol–water partition coefficient (Wildman–Crippen LogP) is 3.51. The van der Waals surface area contributed by atoms with Crippen molar-refractivity contribution in [3.05, 3.63) is 22.4 Å². The van der Waals surface area contributed by atoms with Gasteiger partial charge in [-0.05, 0) is 38.1 Å². The Balaban J connectivity index is 2.66. The molecule has 1 rings (SSSR count). The van der Waals surface area contributed by atoms with Crippen molar-refractivity contribution in [2.45, 2.75) is 58.7 Å². The third-order valence-corrected chi connectivity index (χ3v) is 4.34. The Morgan fingerprint density at radius 1 is 1.35 bits per heavy atom. The number of thiophene rings is 1. The molecule has 0 aromatic carbocycles. The van der Waals surface area contributed by atoms with Crippen molar-refractivity contribution in [1.29, 1.82) is 0 Å². The highest BCUT2D eigenvalue weighted by Gasteiger charge is 2.26. The topological polar surface area (TPSA) is 23.5 Å². The molecule has 0 aliphatic carbocycles. The van der Waals surface area contributed by atoms with Gasteiger partial charge in [0.1, 0.15) is 0 Å². The van der Waals surface area contributed by atoms with Gasteiger partial charge in [0.05, 0.1) is 5.60 Å². The first-order valence-corrected chi connectivity index (χ1v) is 7.37. The monoisotopic (exact) mass is 255 g/mol. The lowest BCUT2D eigenvalue weighted by Gasteiger charge is -2.35. The molecule has 0 amide bonds. The average molecular weight is 255 g/mol. The summed E-state index contributed by atoms with van der Waals surface area (Å²) in [7, 11) is 0. The summed E-state index contributed by atoms with van der Waals surface area (Å²) in [5, 5.41) is 12.5. The Kier molecular flexibility index (Phi) is 5.63. The fourth-order valence-corrected chi connectivity index (χ4v) is 2.60. The molecule has 0 atom stereocenters. The van der Waals surface area contributed by atoms with E-state index in [9.17, 15) is 5.11 Å². The molecule has 0 saturated heterocycles. The Morgan fingerprint density at radius 3 is 2.41 bits per heavy atom. The number of nitrogens with zero attached hydrogens (tertiary/aromatic N) is 1. The van der Waals surface area contributed by atoms with Gasteiger partial charge in [-0.15, -0.1) is 11.3 Å². The predicted molar refractivity (Wildman–Crippen MR) is 75.4 cm³/mol. The van der Waals surface area contributed by atoms with Crippen LogP contribution in [-0.4, -0.2) is 28.2 Å². The molecule has 0 fully saturated rings. The third-order valence-electron chi connectivity index (χ3n) is 3.48. The summed E-state index contributed by atoms with van der Waals surface area (Å²) in [6.45, 7) is 10.2. The minimum absolute atomic E-state index is 0.460. The van der Waals surface area contributed by atoms with Gasteiger partial charge < -0.3 is 5.11 Å². The number of hydrogen-bond acceptors (Lipinski definition) is 3. The lowest BCUT2D eigenvalue weighted by molar-refractivity contribution is -0.0137. The van der Waals surface area contributed by atoms with Crippen LogP contribution in [0.5, 0.6) is 0 Å². The quantitative estimate of drug-likeness (QED) is 0.806. The van der Waals surface area contributed by atoms with E-state index in [0.29, 0.717) is 6.04 Å². The van der Waals surface area contributed by atoms with Crippen LogP contribution in [0.1, 0.15) is 45.4 Å². The zero-order valence-corrected chi connectivity index (χ0v) is 12.3. The SMILES string of the molecule is CCC(O)(CC)CN(Cc1cccs1)C(C)C. The summed E-state index contributed by atoms with van der Waals surface area (Å²) in [4.78, 5) is 3.73. The van der Waals surface area contributed by atoms with Gasteiger partial charge in [-0.1, -0.05) is 19.9 Å². The van der Waals surface area contributed by atoms with Crippen molar-refractivity contribution in [2.24, 2.45) is 0 Å². The van der Waals surface area contributed by atoms with E-state index in [1.54, 1.807) is 11.3 Å². The molecule has 1 N–H and O–H groups in total. The van der Waals surface area contributed by atoms with Crippen LogP contribution in [0.2, 0.25) is 0 Å². The Bertz CT molecular complexity index is 304. The first kappa shape index (κ1) is 14.7. The second-order valence-electron chi connectivity index (χ2n) is 5.01. The van der Waals surface area contributed by atoms with Gasteiger partial charge in [-0.3, -0.25) is 4.90 Å². The summed E-state index contributed by atoms with van der Waals surface area (Å²) in [5.74, 6) is 0. The molecule has 3 heteroatoms. The van der Waals surface area contributed by atoms with Gasteiger partial charge in [-0.25, -0.2) is 0 Å². The molecule has 1 aromatic rings. The van der Waals surface area contributed by atoms with Crippen molar-refractivity contribution in [1.82, 2.24) is 4.90 Å². The standard InChI is InChI=1S/C14H25NOS/c1-5-14(16,6-2)11-15(12(3)4)10-13-8-7-9-17-13/h7-9,12,16H,5-6,10-11H2,1-4H3. The van der Waals surface area contributed by atoms with Crippen molar-refractivity contribution in [3.8, 4) is 0 Å². The van der Waals surface area contributed by atoms with Crippen LogP contribution < -0.4 is 0 Å². The second-order valence-corrected chi connectivity index (χ2v) is 6.04. The van der Waals surface area contributed by atoms with Crippen LogP contribution in [0.25, 0.3) is 0 Å². The van der Waals surface area contributed by atoms with Crippen molar-refractivity contribution >= 4 is 11.3 Å². The van der Waals surface area contributed by atoms with E-state index < -0.39 is 5.60 Å². The summed E-state index contributed by atoms with van der Waals surface area (Å²) >= 11 is 1.79. The van der Waals surface area contributed by atoms with Crippen LogP contribution >= 0.6 is 11.3 Å². The molecule has 0 aliphatic rings. The fraction of sp³-hybridized carbons (Fsp3) is 0.714. The molecule has 17 heavy (non-hydrogen) atoms. The largest absolute Gasteiger partial charge is 0.389 e. The molecule has 0 spiro atoms. The fourth-order valence-electron chi connectivity index (χ4n) is 1.88. The molecule has 1 heterocycles. The van der Waals surface area contributed by atoms with E-state index in [1.165, 1.54) is 4.88 Å². The number of hydrogen-bond donors (Lipinski definition) is 1. The van der Waals surface area contributed by atoms with Crippen molar-refractivity contribution in [2.75, 3.05) is 6.54 Å². The maximum atomic E-state index is 10.4. The van der Waals surface area contributed by atoms with Crippen LogP contribution in [0.4, 0.5) is 0 Å². The Hall–Kier alpha value is -0.380. The minimum Gasteiger partial charge on any atom is -0.389 e. The minimum atomic E-state index is -0.540. The van der Waals surface area contributed by atoms with Gasteiger partial charge in [0, 0.05) is 24.0 Å². The van der Waals surface area contributed by atoms with Crippen molar-refractivity contribution < 1.29 is 5.11 Å². The van der Waals surface area contributed by atoms with Crippen LogP contribution in [0.3, 0.4) is 0 Å². The maximum absolute atomic E-state index is 10.4. The molecular weight excluding hydrogens is 230 g/mol. The molecule has 98 valence electrons. The molecule has 1 aromatic heterocycles.